The highest BCUT2D eigenvalue weighted by Crippen LogP contribution is 2.61. The first kappa shape index (κ1) is 30.4. The number of nitrogens with zero attached hydrogens (tertiary/aromatic N) is 3. The summed E-state index contributed by atoms with van der Waals surface area (Å²) < 4.78 is 54.6. The first-order chi connectivity index (χ1) is 19.4. The number of sulfonamides is 1. The van der Waals surface area contributed by atoms with Crippen molar-refractivity contribution in [3.8, 4) is 11.5 Å². The molecule has 4 atom stereocenters. The molecular formula is C27H30Cl3FN4O4S2. The number of thiazole rings is 1. The maximum Gasteiger partial charge on any atom is 0.269 e. The number of anilines is 2. The minimum Gasteiger partial charge on any atom is -0.497 e. The molecule has 1 heterocycles. The van der Waals surface area contributed by atoms with Crippen LogP contribution in [0.4, 0.5) is 15.2 Å². The SMILES string of the molecule is COc1ccc(CN(c2nccs2)S(=O)(=O)c2cc(Cl)c(N[C@H]3C[C@H]4CC([C@@H]3N(C)C)C4(Cl)Cl)cc2F)c(OC)c1. The Hall–Kier alpha value is -2.02. The van der Waals surface area contributed by atoms with Crippen molar-refractivity contribution in [3.05, 3.63) is 58.3 Å². The Kier molecular flexibility index (Phi) is 8.59. The minimum atomic E-state index is -4.44. The molecule has 0 saturated heterocycles. The largest absolute Gasteiger partial charge is 0.497 e. The van der Waals surface area contributed by atoms with Gasteiger partial charge < -0.3 is 19.7 Å². The molecule has 1 N–H and O–H groups in total. The molecule has 2 bridgehead atoms. The van der Waals surface area contributed by atoms with Crippen LogP contribution in [0.1, 0.15) is 18.4 Å². The second-order valence-electron chi connectivity index (χ2n) is 10.4. The van der Waals surface area contributed by atoms with Crippen LogP contribution in [-0.2, 0) is 16.6 Å². The quantitative estimate of drug-likeness (QED) is 0.256. The van der Waals surface area contributed by atoms with Crippen molar-refractivity contribution >= 4 is 67.0 Å². The van der Waals surface area contributed by atoms with E-state index in [1.165, 1.54) is 20.4 Å². The van der Waals surface area contributed by atoms with Crippen molar-refractivity contribution < 1.29 is 22.3 Å². The second-order valence-corrected chi connectivity index (χ2v) is 15.0. The van der Waals surface area contributed by atoms with Gasteiger partial charge in [-0.2, -0.15) is 0 Å². The predicted octanol–water partition coefficient (Wildman–Crippen LogP) is 6.27. The summed E-state index contributed by atoms with van der Waals surface area (Å²) in [6.07, 6.45) is 3.07. The maximum atomic E-state index is 15.7. The lowest BCUT2D eigenvalue weighted by atomic mass is 9.59. The van der Waals surface area contributed by atoms with Crippen LogP contribution in [0.5, 0.6) is 11.5 Å². The third-order valence-corrected chi connectivity index (χ3v) is 12.1. The topological polar surface area (TPSA) is 84.0 Å². The van der Waals surface area contributed by atoms with Crippen molar-refractivity contribution in [3.63, 3.8) is 0 Å². The van der Waals surface area contributed by atoms with E-state index >= 15 is 4.39 Å². The van der Waals surface area contributed by atoms with Crippen molar-refractivity contribution in [2.45, 2.75) is 40.7 Å². The first-order valence-corrected chi connectivity index (χ1v) is 16.3. The zero-order valence-corrected chi connectivity index (χ0v) is 26.7. The Morgan fingerprint density at radius 1 is 1.17 bits per heavy atom. The monoisotopic (exact) mass is 662 g/mol. The number of halogens is 4. The van der Waals surface area contributed by atoms with Gasteiger partial charge >= 0.3 is 0 Å². The summed E-state index contributed by atoms with van der Waals surface area (Å²) in [5.41, 5.74) is 0.839. The molecule has 6 rings (SSSR count). The molecule has 0 amide bonds. The molecule has 8 nitrogen and oxygen atoms in total. The van der Waals surface area contributed by atoms with Crippen molar-refractivity contribution in [2.75, 3.05) is 37.9 Å². The standard InChI is InChI=1S/C27H30Cl3FN4O4S2/c1-34(2)25-18-9-16(27(18,29)30)10-22(25)33-21-13-20(31)24(12-19(21)28)41(36,37)35(26-32-7-8-40-26)14-15-5-6-17(38-3)11-23(15)39-4/h5-8,11-13,16,18,22,25,33H,9-10,14H2,1-4H3/t16-,18?,22+,25+/m1/s1. The van der Waals surface area contributed by atoms with Gasteiger partial charge in [-0.3, -0.25) is 0 Å². The van der Waals surface area contributed by atoms with E-state index in [0.717, 1.165) is 34.2 Å². The first-order valence-electron chi connectivity index (χ1n) is 12.8. The van der Waals surface area contributed by atoms with Crippen molar-refractivity contribution in [2.24, 2.45) is 11.8 Å². The number of alkyl halides is 2. The average Bonchev–Trinajstić information content (AvgIpc) is 3.47. The van der Waals surface area contributed by atoms with E-state index in [-0.39, 0.29) is 40.6 Å². The molecule has 3 aliphatic carbocycles. The molecule has 0 spiro atoms. The number of aromatic nitrogens is 1. The van der Waals surface area contributed by atoms with E-state index in [0.29, 0.717) is 29.2 Å². The summed E-state index contributed by atoms with van der Waals surface area (Å²) in [4.78, 5) is 5.69. The van der Waals surface area contributed by atoms with E-state index in [2.05, 4.69) is 15.2 Å². The van der Waals surface area contributed by atoms with Crippen LogP contribution in [0, 0.1) is 17.7 Å². The van der Waals surface area contributed by atoms with E-state index in [1.807, 2.05) is 14.1 Å². The molecule has 3 fully saturated rings. The highest BCUT2D eigenvalue weighted by atomic mass is 35.5. The predicted molar refractivity (Wildman–Crippen MR) is 162 cm³/mol. The second kappa shape index (κ2) is 11.6. The lowest BCUT2D eigenvalue weighted by molar-refractivity contribution is 0.00206. The zero-order chi connectivity index (χ0) is 29.7. The molecule has 1 unspecified atom stereocenters. The molecule has 3 saturated carbocycles. The lowest BCUT2D eigenvalue weighted by Crippen LogP contribution is -2.67. The van der Waals surface area contributed by atoms with Gasteiger partial charge in [-0.25, -0.2) is 22.1 Å². The summed E-state index contributed by atoms with van der Waals surface area (Å²) in [6.45, 7) is -0.159. The highest BCUT2D eigenvalue weighted by molar-refractivity contribution is 7.93. The number of fused-ring (bicyclic) bond motifs is 2. The molecule has 2 aromatic carbocycles. The Morgan fingerprint density at radius 2 is 1.93 bits per heavy atom. The maximum absolute atomic E-state index is 15.7. The Labute approximate surface area is 258 Å². The number of benzene rings is 2. The smallest absolute Gasteiger partial charge is 0.269 e. The number of nitrogens with one attached hydrogen (secondary N) is 1. The summed E-state index contributed by atoms with van der Waals surface area (Å²) in [5, 5.41) is 5.23. The Balaban J connectivity index is 1.46. The van der Waals surface area contributed by atoms with Gasteiger partial charge in [0.15, 0.2) is 5.13 Å². The third kappa shape index (κ3) is 5.57. The molecule has 3 aliphatic rings. The zero-order valence-electron chi connectivity index (χ0n) is 22.8. The highest BCUT2D eigenvalue weighted by Gasteiger charge is 2.62. The molecule has 0 aliphatic heterocycles. The van der Waals surface area contributed by atoms with Crippen LogP contribution in [0.3, 0.4) is 0 Å². The van der Waals surface area contributed by atoms with Crippen LogP contribution in [-0.4, -0.2) is 63.0 Å². The van der Waals surface area contributed by atoms with Crippen molar-refractivity contribution in [1.29, 1.82) is 0 Å². The summed E-state index contributed by atoms with van der Waals surface area (Å²) in [6, 6.07) is 7.18. The summed E-state index contributed by atoms with van der Waals surface area (Å²) in [5.74, 6) is 0.172. The number of ether oxygens (including phenoxy) is 2. The summed E-state index contributed by atoms with van der Waals surface area (Å²) >= 11 is 20.9. The number of likely N-dealkylation sites (N-methyl/N-ethyl adjacent to an activating group) is 1. The Morgan fingerprint density at radius 3 is 2.54 bits per heavy atom. The molecule has 41 heavy (non-hydrogen) atoms. The Bertz CT molecular complexity index is 1520. The van der Waals surface area contributed by atoms with Gasteiger partial charge in [0.05, 0.1) is 31.5 Å². The molecule has 222 valence electrons. The number of hydrogen-bond acceptors (Lipinski definition) is 8. The molecular weight excluding hydrogens is 634 g/mol. The van der Waals surface area contributed by atoms with E-state index < -0.39 is 25.1 Å². The fraction of sp³-hybridized carbons (Fsp3) is 0.444. The van der Waals surface area contributed by atoms with Crippen LogP contribution in [0.2, 0.25) is 5.02 Å². The normalized spacial score (nSPS) is 23.1. The van der Waals surface area contributed by atoms with Crippen LogP contribution in [0.15, 0.2) is 46.8 Å². The van der Waals surface area contributed by atoms with Gasteiger partial charge in [-0.15, -0.1) is 34.5 Å². The van der Waals surface area contributed by atoms with Crippen LogP contribution >= 0.6 is 46.1 Å². The third-order valence-electron chi connectivity index (χ3n) is 7.91. The average molecular weight is 664 g/mol. The van der Waals surface area contributed by atoms with Gasteiger partial charge in [0, 0.05) is 41.2 Å². The number of rotatable bonds is 10. The van der Waals surface area contributed by atoms with E-state index in [1.54, 1.807) is 23.6 Å². The number of methoxy groups -OCH3 is 2. The van der Waals surface area contributed by atoms with Gasteiger partial charge in [0.1, 0.15) is 26.5 Å². The fourth-order valence-electron chi connectivity index (χ4n) is 5.86. The van der Waals surface area contributed by atoms with Crippen molar-refractivity contribution in [1.82, 2.24) is 9.88 Å². The molecule has 0 radical (unpaired) electrons. The van der Waals surface area contributed by atoms with Crippen LogP contribution in [0.25, 0.3) is 0 Å². The molecule has 1 aromatic heterocycles. The number of hydrogen-bond donors (Lipinski definition) is 1. The molecule has 3 aromatic rings. The molecule has 14 heteroatoms. The van der Waals surface area contributed by atoms with E-state index in [9.17, 15) is 8.42 Å². The fourth-order valence-corrected chi connectivity index (χ4v) is 9.28. The minimum absolute atomic E-state index is 0.0163. The van der Waals surface area contributed by atoms with E-state index in [4.69, 9.17) is 44.3 Å². The van der Waals surface area contributed by atoms with Gasteiger partial charge in [-0.1, -0.05) is 11.6 Å². The van der Waals surface area contributed by atoms with Gasteiger partial charge in [-0.05, 0) is 57.1 Å². The lowest BCUT2D eigenvalue weighted by Gasteiger charge is -2.60. The van der Waals surface area contributed by atoms with Gasteiger partial charge in [0.2, 0.25) is 0 Å². The van der Waals surface area contributed by atoms with Crippen LogP contribution < -0.4 is 19.1 Å². The summed E-state index contributed by atoms with van der Waals surface area (Å²) in [7, 11) is 2.45. The van der Waals surface area contributed by atoms with Gasteiger partial charge in [0.25, 0.3) is 10.0 Å².